The Morgan fingerprint density at radius 2 is 1.91 bits per heavy atom. The van der Waals surface area contributed by atoms with E-state index < -0.39 is 5.41 Å². The standard InChI is InChI=1S/C18H27N3O2/c1-4-18(5-2,11-19)17(23)21-15-10-13(7-6-12(15)3)16(22)20-14-8-9-14/h6-7,10,14H,4-5,8-9,11,19H2,1-3H3,(H,20,22)(H,21,23). The lowest BCUT2D eigenvalue weighted by molar-refractivity contribution is -0.125. The second-order valence-electron chi connectivity index (χ2n) is 6.42. The van der Waals surface area contributed by atoms with E-state index in [4.69, 9.17) is 5.73 Å². The van der Waals surface area contributed by atoms with Crippen molar-refractivity contribution in [3.63, 3.8) is 0 Å². The van der Waals surface area contributed by atoms with E-state index in [1.807, 2.05) is 26.8 Å². The quantitative estimate of drug-likeness (QED) is 0.722. The topological polar surface area (TPSA) is 84.2 Å². The van der Waals surface area contributed by atoms with Crippen LogP contribution in [0.2, 0.25) is 0 Å². The van der Waals surface area contributed by atoms with Gasteiger partial charge in [0.2, 0.25) is 5.91 Å². The molecule has 5 nitrogen and oxygen atoms in total. The maximum absolute atomic E-state index is 12.7. The third-order valence-corrected chi connectivity index (χ3v) is 4.89. The molecule has 0 saturated heterocycles. The van der Waals surface area contributed by atoms with E-state index in [0.29, 0.717) is 36.7 Å². The van der Waals surface area contributed by atoms with Crippen LogP contribution in [0.25, 0.3) is 0 Å². The second kappa shape index (κ2) is 7.13. The van der Waals surface area contributed by atoms with Gasteiger partial charge in [-0.25, -0.2) is 0 Å². The molecule has 0 atom stereocenters. The highest BCUT2D eigenvalue weighted by Gasteiger charge is 2.33. The molecule has 2 amide bonds. The molecule has 1 aromatic carbocycles. The molecule has 4 N–H and O–H groups in total. The first-order chi connectivity index (χ1) is 11.0. The fraction of sp³-hybridized carbons (Fsp3) is 0.556. The number of carbonyl (C=O) groups excluding carboxylic acids is 2. The highest BCUT2D eigenvalue weighted by molar-refractivity contribution is 5.99. The molecule has 0 unspecified atom stereocenters. The Hall–Kier alpha value is -1.88. The van der Waals surface area contributed by atoms with Crippen molar-refractivity contribution in [3.05, 3.63) is 29.3 Å². The minimum Gasteiger partial charge on any atom is -0.349 e. The Balaban J connectivity index is 2.18. The number of aryl methyl sites for hydroxylation is 1. The molecule has 0 aliphatic heterocycles. The molecule has 0 heterocycles. The lowest BCUT2D eigenvalue weighted by Crippen LogP contribution is -2.41. The molecule has 126 valence electrons. The molecular weight excluding hydrogens is 290 g/mol. The van der Waals surface area contributed by atoms with E-state index in [0.717, 1.165) is 18.4 Å². The number of carbonyl (C=O) groups is 2. The van der Waals surface area contributed by atoms with Gasteiger partial charge in [0.15, 0.2) is 0 Å². The summed E-state index contributed by atoms with van der Waals surface area (Å²) in [5.74, 6) is -0.160. The molecule has 1 aliphatic carbocycles. The predicted octanol–water partition coefficient (Wildman–Crippen LogP) is 2.59. The van der Waals surface area contributed by atoms with Crippen LogP contribution in [0.4, 0.5) is 5.69 Å². The highest BCUT2D eigenvalue weighted by atomic mass is 16.2. The van der Waals surface area contributed by atoms with Crippen molar-refractivity contribution >= 4 is 17.5 Å². The molecule has 5 heteroatoms. The zero-order valence-electron chi connectivity index (χ0n) is 14.2. The molecular formula is C18H27N3O2. The summed E-state index contributed by atoms with van der Waals surface area (Å²) < 4.78 is 0. The smallest absolute Gasteiger partial charge is 0.251 e. The van der Waals surface area contributed by atoms with Crippen molar-refractivity contribution in [3.8, 4) is 0 Å². The summed E-state index contributed by atoms with van der Waals surface area (Å²) in [5, 5.41) is 5.93. The first-order valence-corrected chi connectivity index (χ1v) is 8.38. The number of hydrogen-bond acceptors (Lipinski definition) is 3. The molecule has 1 aromatic rings. The number of hydrogen-bond donors (Lipinski definition) is 3. The van der Waals surface area contributed by atoms with Gasteiger partial charge in [0.1, 0.15) is 0 Å². The summed E-state index contributed by atoms with van der Waals surface area (Å²) in [6.45, 7) is 6.18. The third-order valence-electron chi connectivity index (χ3n) is 4.89. The van der Waals surface area contributed by atoms with Gasteiger partial charge in [0.05, 0.1) is 5.41 Å². The summed E-state index contributed by atoms with van der Waals surface area (Å²) in [7, 11) is 0. The monoisotopic (exact) mass is 317 g/mol. The van der Waals surface area contributed by atoms with Crippen LogP contribution in [0.15, 0.2) is 18.2 Å². The molecule has 0 aromatic heterocycles. The van der Waals surface area contributed by atoms with Gasteiger partial charge in [0.25, 0.3) is 5.91 Å². The van der Waals surface area contributed by atoms with E-state index in [1.165, 1.54) is 0 Å². The van der Waals surface area contributed by atoms with Crippen LogP contribution in [-0.2, 0) is 4.79 Å². The molecule has 1 fully saturated rings. The Labute approximate surface area is 138 Å². The number of nitrogens with one attached hydrogen (secondary N) is 2. The lowest BCUT2D eigenvalue weighted by atomic mass is 9.81. The van der Waals surface area contributed by atoms with Crippen molar-refractivity contribution in [1.29, 1.82) is 0 Å². The highest BCUT2D eigenvalue weighted by Crippen LogP contribution is 2.28. The summed E-state index contributed by atoms with van der Waals surface area (Å²) in [6.07, 6.45) is 3.47. The summed E-state index contributed by atoms with van der Waals surface area (Å²) in [4.78, 5) is 24.8. The van der Waals surface area contributed by atoms with Gasteiger partial charge >= 0.3 is 0 Å². The fourth-order valence-corrected chi connectivity index (χ4v) is 2.60. The zero-order chi connectivity index (χ0) is 17.0. The predicted molar refractivity (Wildman–Crippen MR) is 92.4 cm³/mol. The molecule has 23 heavy (non-hydrogen) atoms. The van der Waals surface area contributed by atoms with E-state index in [2.05, 4.69) is 10.6 Å². The summed E-state index contributed by atoms with van der Waals surface area (Å²) in [6, 6.07) is 5.71. The Bertz CT molecular complexity index is 582. The van der Waals surface area contributed by atoms with Gasteiger partial charge in [-0.1, -0.05) is 19.9 Å². The van der Waals surface area contributed by atoms with Crippen molar-refractivity contribution in [2.24, 2.45) is 11.1 Å². The number of amides is 2. The van der Waals surface area contributed by atoms with Crippen molar-refractivity contribution in [2.75, 3.05) is 11.9 Å². The molecule has 0 bridgehead atoms. The van der Waals surface area contributed by atoms with Crippen molar-refractivity contribution in [2.45, 2.75) is 52.5 Å². The minimum atomic E-state index is -0.557. The Morgan fingerprint density at radius 3 is 2.43 bits per heavy atom. The number of benzene rings is 1. The largest absolute Gasteiger partial charge is 0.349 e. The first-order valence-electron chi connectivity index (χ1n) is 8.38. The number of nitrogens with two attached hydrogens (primary N) is 1. The third kappa shape index (κ3) is 3.91. The average molecular weight is 317 g/mol. The zero-order valence-corrected chi connectivity index (χ0v) is 14.2. The van der Waals surface area contributed by atoms with Crippen LogP contribution < -0.4 is 16.4 Å². The minimum absolute atomic E-state index is 0.0761. The van der Waals surface area contributed by atoms with Crippen LogP contribution in [0.3, 0.4) is 0 Å². The van der Waals surface area contributed by atoms with Gasteiger partial charge in [-0.05, 0) is 50.3 Å². The maximum atomic E-state index is 12.7. The van der Waals surface area contributed by atoms with Crippen molar-refractivity contribution < 1.29 is 9.59 Å². The van der Waals surface area contributed by atoms with Crippen molar-refractivity contribution in [1.82, 2.24) is 5.32 Å². The van der Waals surface area contributed by atoms with Gasteiger partial charge in [0, 0.05) is 23.8 Å². The summed E-state index contributed by atoms with van der Waals surface area (Å²) >= 11 is 0. The van der Waals surface area contributed by atoms with Crippen LogP contribution in [-0.4, -0.2) is 24.4 Å². The molecule has 0 spiro atoms. The lowest BCUT2D eigenvalue weighted by Gasteiger charge is -2.29. The summed E-state index contributed by atoms with van der Waals surface area (Å²) in [5.41, 5.74) is 7.46. The van der Waals surface area contributed by atoms with Gasteiger partial charge < -0.3 is 16.4 Å². The van der Waals surface area contributed by atoms with E-state index in [9.17, 15) is 9.59 Å². The Kier molecular flexibility index (Phi) is 5.42. The maximum Gasteiger partial charge on any atom is 0.251 e. The molecule has 1 saturated carbocycles. The van der Waals surface area contributed by atoms with Gasteiger partial charge in [-0.3, -0.25) is 9.59 Å². The van der Waals surface area contributed by atoms with Crippen LogP contribution >= 0.6 is 0 Å². The van der Waals surface area contributed by atoms with E-state index in [1.54, 1.807) is 12.1 Å². The normalized spacial score (nSPS) is 14.4. The van der Waals surface area contributed by atoms with Crippen LogP contribution in [0.1, 0.15) is 55.5 Å². The van der Waals surface area contributed by atoms with Gasteiger partial charge in [-0.15, -0.1) is 0 Å². The van der Waals surface area contributed by atoms with Crippen LogP contribution in [0.5, 0.6) is 0 Å². The SMILES string of the molecule is CCC(CC)(CN)C(=O)Nc1cc(C(=O)NC2CC2)ccc1C. The molecule has 1 aliphatic rings. The number of anilines is 1. The van der Waals surface area contributed by atoms with E-state index in [-0.39, 0.29) is 11.8 Å². The Morgan fingerprint density at radius 1 is 1.26 bits per heavy atom. The first kappa shape index (κ1) is 17.5. The second-order valence-corrected chi connectivity index (χ2v) is 6.42. The van der Waals surface area contributed by atoms with Gasteiger partial charge in [-0.2, -0.15) is 0 Å². The average Bonchev–Trinajstić information content (AvgIpc) is 3.35. The van der Waals surface area contributed by atoms with E-state index >= 15 is 0 Å². The molecule has 0 radical (unpaired) electrons. The molecule has 2 rings (SSSR count). The fourth-order valence-electron chi connectivity index (χ4n) is 2.60. The number of rotatable bonds is 7. The van der Waals surface area contributed by atoms with Crippen LogP contribution in [0, 0.1) is 12.3 Å².